The topological polar surface area (TPSA) is 92.8 Å². The minimum absolute atomic E-state index is 0.173. The predicted molar refractivity (Wildman–Crippen MR) is 154 cm³/mol. The number of tetrazole rings is 1. The summed E-state index contributed by atoms with van der Waals surface area (Å²) >= 11 is 0. The second-order valence-corrected chi connectivity index (χ2v) is 9.88. The van der Waals surface area contributed by atoms with Gasteiger partial charge in [-0.05, 0) is 69.3 Å². The molecule has 0 spiro atoms. The highest BCUT2D eigenvalue weighted by Crippen LogP contribution is 2.30. The zero-order chi connectivity index (χ0) is 27.3. The van der Waals surface area contributed by atoms with Crippen molar-refractivity contribution < 1.29 is 4.42 Å². The van der Waals surface area contributed by atoms with Gasteiger partial charge >= 0.3 is 0 Å². The molecule has 0 saturated carbocycles. The molecule has 0 fully saturated rings. The summed E-state index contributed by atoms with van der Waals surface area (Å²) in [7, 11) is 0. The Morgan fingerprint density at radius 2 is 1.65 bits per heavy atom. The van der Waals surface area contributed by atoms with Crippen LogP contribution in [0, 0.1) is 0 Å². The summed E-state index contributed by atoms with van der Waals surface area (Å²) in [6.45, 7) is 3.61. The molecule has 0 saturated heterocycles. The number of aryl methyl sites for hydroxylation is 1. The van der Waals surface area contributed by atoms with Gasteiger partial charge in [0.25, 0.3) is 5.56 Å². The van der Waals surface area contributed by atoms with Crippen molar-refractivity contribution in [1.82, 2.24) is 30.1 Å². The lowest BCUT2D eigenvalue weighted by Gasteiger charge is -2.30. The molecule has 0 aliphatic rings. The Morgan fingerprint density at radius 3 is 2.38 bits per heavy atom. The Kier molecular flexibility index (Phi) is 7.32. The van der Waals surface area contributed by atoms with E-state index in [-0.39, 0.29) is 5.56 Å². The highest BCUT2D eigenvalue weighted by Gasteiger charge is 2.31. The number of nitrogens with zero attached hydrogens (tertiary/aromatic N) is 5. The van der Waals surface area contributed by atoms with Gasteiger partial charge in [0.2, 0.25) is 0 Å². The lowest BCUT2D eigenvalue weighted by atomic mass is 10.0. The molecular formula is C32H30N6O2. The molecule has 6 rings (SSSR count). The Morgan fingerprint density at radius 1 is 0.875 bits per heavy atom. The first kappa shape index (κ1) is 25.5. The van der Waals surface area contributed by atoms with Crippen molar-refractivity contribution in [1.29, 1.82) is 0 Å². The van der Waals surface area contributed by atoms with Crippen LogP contribution in [0.3, 0.4) is 0 Å². The molecule has 0 aliphatic carbocycles. The normalized spacial score (nSPS) is 12.2. The van der Waals surface area contributed by atoms with Gasteiger partial charge in [-0.1, -0.05) is 73.7 Å². The number of fused-ring (bicyclic) bond motifs is 1. The van der Waals surface area contributed by atoms with Crippen LogP contribution in [0.5, 0.6) is 0 Å². The first-order valence-corrected chi connectivity index (χ1v) is 13.4. The first-order chi connectivity index (χ1) is 19.7. The van der Waals surface area contributed by atoms with Crippen LogP contribution in [-0.4, -0.2) is 30.1 Å². The van der Waals surface area contributed by atoms with Gasteiger partial charge in [-0.15, -0.1) is 5.10 Å². The third kappa shape index (κ3) is 5.48. The van der Waals surface area contributed by atoms with Crippen LogP contribution in [0.1, 0.15) is 46.8 Å². The molecule has 6 aromatic rings. The number of hydrogen-bond acceptors (Lipinski definition) is 6. The Hall–Kier alpha value is -4.82. The maximum Gasteiger partial charge on any atom is 0.253 e. The van der Waals surface area contributed by atoms with Crippen molar-refractivity contribution in [2.75, 3.05) is 0 Å². The Balaban J connectivity index is 1.53. The summed E-state index contributed by atoms with van der Waals surface area (Å²) in [5.74, 6) is 1.37. The van der Waals surface area contributed by atoms with E-state index < -0.39 is 6.04 Å². The molecule has 0 unspecified atom stereocenters. The zero-order valence-corrected chi connectivity index (χ0v) is 22.3. The second kappa shape index (κ2) is 11.5. The maximum absolute atomic E-state index is 13.8. The van der Waals surface area contributed by atoms with Crippen molar-refractivity contribution in [2.24, 2.45) is 0 Å². The van der Waals surface area contributed by atoms with Gasteiger partial charge in [-0.2, -0.15) is 0 Å². The second-order valence-electron chi connectivity index (χ2n) is 9.88. The average molecular weight is 531 g/mol. The number of benzene rings is 3. The van der Waals surface area contributed by atoms with Gasteiger partial charge < -0.3 is 9.40 Å². The predicted octanol–water partition coefficient (Wildman–Crippen LogP) is 5.51. The third-order valence-corrected chi connectivity index (χ3v) is 7.15. The summed E-state index contributed by atoms with van der Waals surface area (Å²) < 4.78 is 7.56. The number of furan rings is 1. The standard InChI is InChI=1S/C32H30N6O2/c1-2-23-15-16-29-26(18-23)19-28(32(39)33-29)30(31-34-35-36-38(31)21-25-12-7-4-8-13-25)37(22-27-14-9-17-40-27)20-24-10-5-3-6-11-24/h3-19,30H,2,20-22H2,1H3,(H,33,39)/t30-/m1/s1. The molecule has 0 radical (unpaired) electrons. The van der Waals surface area contributed by atoms with E-state index in [1.807, 2.05) is 72.8 Å². The number of rotatable bonds is 10. The fraction of sp³-hybridized carbons (Fsp3) is 0.188. The van der Waals surface area contributed by atoms with Gasteiger partial charge in [0, 0.05) is 17.6 Å². The van der Waals surface area contributed by atoms with Gasteiger partial charge in [0.1, 0.15) is 11.8 Å². The van der Waals surface area contributed by atoms with Crippen LogP contribution in [0.15, 0.2) is 113 Å². The highest BCUT2D eigenvalue weighted by atomic mass is 16.3. The van der Waals surface area contributed by atoms with E-state index in [4.69, 9.17) is 4.42 Å². The number of nitrogens with one attached hydrogen (secondary N) is 1. The molecule has 0 aliphatic heterocycles. The number of pyridine rings is 1. The molecule has 1 N–H and O–H groups in total. The number of H-pyrrole nitrogens is 1. The summed E-state index contributed by atoms with van der Waals surface area (Å²) in [6.07, 6.45) is 2.57. The van der Waals surface area contributed by atoms with E-state index in [9.17, 15) is 4.79 Å². The van der Waals surface area contributed by atoms with E-state index in [0.29, 0.717) is 31.0 Å². The lowest BCUT2D eigenvalue weighted by molar-refractivity contribution is 0.179. The largest absolute Gasteiger partial charge is 0.468 e. The number of aromatic amines is 1. The quantitative estimate of drug-likeness (QED) is 0.251. The van der Waals surface area contributed by atoms with Crippen LogP contribution in [0.2, 0.25) is 0 Å². The van der Waals surface area contributed by atoms with Crippen molar-refractivity contribution in [3.63, 3.8) is 0 Å². The molecule has 3 aromatic carbocycles. The monoisotopic (exact) mass is 530 g/mol. The third-order valence-electron chi connectivity index (χ3n) is 7.15. The van der Waals surface area contributed by atoms with Crippen molar-refractivity contribution >= 4 is 10.9 Å². The minimum Gasteiger partial charge on any atom is -0.468 e. The van der Waals surface area contributed by atoms with Gasteiger partial charge in [0.15, 0.2) is 5.82 Å². The van der Waals surface area contributed by atoms with Crippen LogP contribution in [0.4, 0.5) is 0 Å². The highest BCUT2D eigenvalue weighted by molar-refractivity contribution is 5.80. The Labute approximate surface area is 231 Å². The summed E-state index contributed by atoms with van der Waals surface area (Å²) in [4.78, 5) is 19.1. The molecule has 1 atom stereocenters. The number of hydrogen-bond donors (Lipinski definition) is 1. The van der Waals surface area contributed by atoms with Gasteiger partial charge in [-0.3, -0.25) is 9.69 Å². The first-order valence-electron chi connectivity index (χ1n) is 13.4. The van der Waals surface area contributed by atoms with E-state index >= 15 is 0 Å². The SMILES string of the molecule is CCc1ccc2[nH]c(=O)c([C@H](c3nnnn3Cc3ccccc3)N(Cc3ccccc3)Cc3ccco3)cc2c1. The van der Waals surface area contributed by atoms with Crippen LogP contribution in [-0.2, 0) is 26.1 Å². The van der Waals surface area contributed by atoms with Crippen molar-refractivity contribution in [3.05, 3.63) is 148 Å². The summed E-state index contributed by atoms with van der Waals surface area (Å²) in [5.41, 5.74) is 4.57. The molecule has 0 amide bonds. The van der Waals surface area contributed by atoms with E-state index in [1.54, 1.807) is 10.9 Å². The van der Waals surface area contributed by atoms with E-state index in [0.717, 1.165) is 34.2 Å². The van der Waals surface area contributed by atoms with Crippen LogP contribution >= 0.6 is 0 Å². The molecule has 3 aromatic heterocycles. The minimum atomic E-state index is -0.553. The van der Waals surface area contributed by atoms with E-state index in [2.05, 4.69) is 56.6 Å². The van der Waals surface area contributed by atoms with E-state index in [1.165, 1.54) is 5.56 Å². The maximum atomic E-state index is 13.8. The average Bonchev–Trinajstić information content (AvgIpc) is 3.67. The smallest absolute Gasteiger partial charge is 0.253 e. The molecular weight excluding hydrogens is 500 g/mol. The lowest BCUT2D eigenvalue weighted by Crippen LogP contribution is -2.34. The van der Waals surface area contributed by atoms with Gasteiger partial charge in [-0.25, -0.2) is 4.68 Å². The summed E-state index contributed by atoms with van der Waals surface area (Å²) in [5, 5.41) is 13.9. The van der Waals surface area contributed by atoms with Gasteiger partial charge in [0.05, 0.1) is 19.4 Å². The molecule has 8 nitrogen and oxygen atoms in total. The molecule has 200 valence electrons. The summed E-state index contributed by atoms with van der Waals surface area (Å²) in [6, 6.07) is 31.7. The van der Waals surface area contributed by atoms with Crippen LogP contribution < -0.4 is 5.56 Å². The number of aromatic nitrogens is 5. The van der Waals surface area contributed by atoms with Crippen molar-refractivity contribution in [2.45, 2.75) is 39.0 Å². The van der Waals surface area contributed by atoms with Crippen LogP contribution in [0.25, 0.3) is 10.9 Å². The zero-order valence-electron chi connectivity index (χ0n) is 22.3. The Bertz CT molecular complexity index is 1740. The molecule has 0 bridgehead atoms. The molecule has 8 heteroatoms. The molecule has 40 heavy (non-hydrogen) atoms. The fourth-order valence-corrected chi connectivity index (χ4v) is 5.13. The molecule has 3 heterocycles. The van der Waals surface area contributed by atoms with Crippen molar-refractivity contribution in [3.8, 4) is 0 Å². The fourth-order valence-electron chi connectivity index (χ4n) is 5.13.